The lowest BCUT2D eigenvalue weighted by Gasteiger charge is -2.39. The molecule has 1 spiro atoms. The van der Waals surface area contributed by atoms with Crippen molar-refractivity contribution in [1.29, 1.82) is 0 Å². The van der Waals surface area contributed by atoms with Crippen LogP contribution in [0.3, 0.4) is 0 Å². The van der Waals surface area contributed by atoms with Crippen molar-refractivity contribution in [1.82, 2.24) is 9.80 Å². The maximum absolute atomic E-state index is 11.7. The molecule has 1 amide bonds. The van der Waals surface area contributed by atoms with Gasteiger partial charge in [0.05, 0.1) is 12.1 Å². The van der Waals surface area contributed by atoms with Crippen LogP contribution in [0.15, 0.2) is 0 Å². The number of carbonyl (C=O) groups excluding carboxylic acids is 1. The third kappa shape index (κ3) is 1.10. The Hall–Kier alpha value is -0.570. The van der Waals surface area contributed by atoms with E-state index in [1.54, 1.807) is 0 Å². The second-order valence-electron chi connectivity index (χ2n) is 4.81. The third-order valence-electron chi connectivity index (χ3n) is 3.81. The first kappa shape index (κ1) is 7.80. The van der Waals surface area contributed by atoms with E-state index in [2.05, 4.69) is 4.90 Å². The summed E-state index contributed by atoms with van der Waals surface area (Å²) in [6.07, 6.45) is 5.07. The van der Waals surface area contributed by atoms with Crippen molar-refractivity contribution in [3.63, 3.8) is 0 Å². The molecule has 1 heterocycles. The first-order chi connectivity index (χ1) is 6.21. The highest BCUT2D eigenvalue weighted by molar-refractivity contribution is 5.80. The van der Waals surface area contributed by atoms with Crippen molar-refractivity contribution in [3.8, 4) is 0 Å². The Bertz CT molecular complexity index is 256. The van der Waals surface area contributed by atoms with E-state index < -0.39 is 0 Å². The van der Waals surface area contributed by atoms with Gasteiger partial charge in [0.25, 0.3) is 0 Å². The lowest BCUT2D eigenvalue weighted by molar-refractivity contribution is -0.139. The second-order valence-corrected chi connectivity index (χ2v) is 4.81. The molecule has 2 saturated carbocycles. The molecule has 3 fully saturated rings. The number of carbonyl (C=O) groups is 1. The van der Waals surface area contributed by atoms with Gasteiger partial charge in [0.15, 0.2) is 0 Å². The molecule has 1 aliphatic heterocycles. The van der Waals surface area contributed by atoms with Crippen LogP contribution >= 0.6 is 0 Å². The minimum Gasteiger partial charge on any atom is -0.338 e. The highest BCUT2D eigenvalue weighted by Gasteiger charge is 2.54. The molecular weight excluding hydrogens is 164 g/mol. The summed E-state index contributed by atoms with van der Waals surface area (Å²) in [7, 11) is 1.97. The average Bonchev–Trinajstić information content (AvgIpc) is 2.96. The number of likely N-dealkylation sites (N-methyl/N-ethyl adjacent to an activating group) is 1. The Morgan fingerprint density at radius 3 is 2.62 bits per heavy atom. The van der Waals surface area contributed by atoms with Crippen LogP contribution < -0.4 is 0 Å². The molecule has 0 unspecified atom stereocenters. The summed E-state index contributed by atoms with van der Waals surface area (Å²) < 4.78 is 0. The van der Waals surface area contributed by atoms with Crippen molar-refractivity contribution >= 4 is 5.91 Å². The molecular formula is C10H16N2O. The maximum atomic E-state index is 11.7. The van der Waals surface area contributed by atoms with E-state index in [9.17, 15) is 4.79 Å². The number of amides is 1. The molecule has 3 rings (SSSR count). The Kier molecular flexibility index (Phi) is 1.36. The molecule has 0 aromatic rings. The van der Waals surface area contributed by atoms with E-state index in [0.717, 1.165) is 12.6 Å². The molecule has 0 aromatic heterocycles. The molecule has 0 radical (unpaired) electrons. The number of piperazine rings is 1. The lowest BCUT2D eigenvalue weighted by Crippen LogP contribution is -2.56. The Balaban J connectivity index is 1.79. The van der Waals surface area contributed by atoms with Crippen LogP contribution in [0.4, 0.5) is 0 Å². The van der Waals surface area contributed by atoms with Gasteiger partial charge in [-0.3, -0.25) is 9.69 Å². The van der Waals surface area contributed by atoms with Crippen LogP contribution in [0.25, 0.3) is 0 Å². The predicted octanol–water partition coefficient (Wildman–Crippen LogP) is 0.455. The predicted molar refractivity (Wildman–Crippen MR) is 49.3 cm³/mol. The van der Waals surface area contributed by atoms with Crippen LogP contribution in [0.2, 0.25) is 0 Å². The molecule has 0 aromatic carbocycles. The molecule has 0 atom stereocenters. The quantitative estimate of drug-likeness (QED) is 0.585. The van der Waals surface area contributed by atoms with Crippen molar-refractivity contribution in [2.45, 2.75) is 37.3 Å². The van der Waals surface area contributed by atoms with Gasteiger partial charge in [-0.15, -0.1) is 0 Å². The van der Waals surface area contributed by atoms with Gasteiger partial charge in [0.1, 0.15) is 0 Å². The summed E-state index contributed by atoms with van der Waals surface area (Å²) in [6.45, 7) is 1.81. The van der Waals surface area contributed by atoms with Crippen molar-refractivity contribution in [2.75, 3.05) is 20.1 Å². The number of hydrogen-bond acceptors (Lipinski definition) is 2. The first-order valence-electron chi connectivity index (χ1n) is 5.22. The highest BCUT2D eigenvalue weighted by atomic mass is 16.2. The fourth-order valence-corrected chi connectivity index (χ4v) is 2.42. The highest BCUT2D eigenvalue weighted by Crippen LogP contribution is 2.45. The zero-order valence-electron chi connectivity index (χ0n) is 8.12. The van der Waals surface area contributed by atoms with Crippen molar-refractivity contribution in [2.24, 2.45) is 0 Å². The molecule has 0 N–H and O–H groups in total. The summed E-state index contributed by atoms with van der Waals surface area (Å²) in [6, 6.07) is 0.745. The summed E-state index contributed by atoms with van der Waals surface area (Å²) in [5.74, 6) is 0.329. The summed E-state index contributed by atoms with van der Waals surface area (Å²) in [4.78, 5) is 16.1. The average molecular weight is 180 g/mol. The van der Waals surface area contributed by atoms with Gasteiger partial charge in [0.2, 0.25) is 5.91 Å². The topological polar surface area (TPSA) is 23.6 Å². The van der Waals surface area contributed by atoms with E-state index in [1.165, 1.54) is 25.7 Å². The Labute approximate surface area is 78.7 Å². The van der Waals surface area contributed by atoms with Crippen LogP contribution in [-0.2, 0) is 4.79 Å². The lowest BCUT2D eigenvalue weighted by atomic mass is 10.1. The third-order valence-corrected chi connectivity index (χ3v) is 3.81. The van der Waals surface area contributed by atoms with Crippen molar-refractivity contribution < 1.29 is 4.79 Å². The summed E-state index contributed by atoms with van der Waals surface area (Å²) >= 11 is 0. The first-order valence-corrected chi connectivity index (χ1v) is 5.22. The van der Waals surface area contributed by atoms with Crippen LogP contribution in [0.1, 0.15) is 25.7 Å². The van der Waals surface area contributed by atoms with Gasteiger partial charge >= 0.3 is 0 Å². The maximum Gasteiger partial charge on any atom is 0.237 e. The minimum absolute atomic E-state index is 0.262. The molecule has 3 nitrogen and oxygen atoms in total. The van der Waals surface area contributed by atoms with E-state index >= 15 is 0 Å². The zero-order valence-corrected chi connectivity index (χ0v) is 8.12. The molecule has 1 saturated heterocycles. The minimum atomic E-state index is 0.262. The smallest absolute Gasteiger partial charge is 0.237 e. The summed E-state index contributed by atoms with van der Waals surface area (Å²) in [5.41, 5.74) is 0.262. The van der Waals surface area contributed by atoms with Crippen LogP contribution in [0, 0.1) is 0 Å². The zero-order chi connectivity index (χ0) is 9.05. The Morgan fingerprint density at radius 1 is 1.38 bits per heavy atom. The van der Waals surface area contributed by atoms with Crippen LogP contribution in [-0.4, -0.2) is 47.4 Å². The molecule has 72 valence electrons. The van der Waals surface area contributed by atoms with Crippen LogP contribution in [0.5, 0.6) is 0 Å². The van der Waals surface area contributed by atoms with Gasteiger partial charge in [-0.1, -0.05) is 0 Å². The van der Waals surface area contributed by atoms with Gasteiger partial charge in [-0.25, -0.2) is 0 Å². The fourth-order valence-electron chi connectivity index (χ4n) is 2.42. The molecule has 0 bridgehead atoms. The normalized spacial score (nSPS) is 32.7. The molecule has 13 heavy (non-hydrogen) atoms. The second kappa shape index (κ2) is 2.27. The fraction of sp³-hybridized carbons (Fsp3) is 0.900. The molecule has 3 heteroatoms. The van der Waals surface area contributed by atoms with Gasteiger partial charge in [0, 0.05) is 19.6 Å². The van der Waals surface area contributed by atoms with E-state index in [4.69, 9.17) is 0 Å². The number of hydrogen-bond donors (Lipinski definition) is 0. The van der Waals surface area contributed by atoms with E-state index in [-0.39, 0.29) is 5.54 Å². The number of rotatable bonds is 1. The van der Waals surface area contributed by atoms with Gasteiger partial charge in [-0.2, -0.15) is 0 Å². The SMILES string of the molecule is CN1C(=O)CN(C2CC2)CC12CC2. The molecule has 3 aliphatic rings. The Morgan fingerprint density at radius 2 is 2.08 bits per heavy atom. The van der Waals surface area contributed by atoms with Crippen molar-refractivity contribution in [3.05, 3.63) is 0 Å². The largest absolute Gasteiger partial charge is 0.338 e. The standard InChI is InChI=1S/C10H16N2O/c1-11-9(13)6-12(8-2-3-8)7-10(11)4-5-10/h8H,2-7H2,1H3. The summed E-state index contributed by atoms with van der Waals surface area (Å²) in [5, 5.41) is 0. The van der Waals surface area contributed by atoms with E-state index in [0.29, 0.717) is 12.5 Å². The van der Waals surface area contributed by atoms with E-state index in [1.807, 2.05) is 11.9 Å². The molecule has 2 aliphatic carbocycles. The van der Waals surface area contributed by atoms with Gasteiger partial charge in [-0.05, 0) is 25.7 Å². The monoisotopic (exact) mass is 180 g/mol. The van der Waals surface area contributed by atoms with Gasteiger partial charge < -0.3 is 4.90 Å². The number of nitrogens with zero attached hydrogens (tertiary/aromatic N) is 2.